The van der Waals surface area contributed by atoms with Gasteiger partial charge >= 0.3 is 11.9 Å². The Morgan fingerprint density at radius 1 is 1.18 bits per heavy atom. The van der Waals surface area contributed by atoms with Gasteiger partial charge in [0.1, 0.15) is 17.8 Å². The normalized spacial score (nSPS) is 11.8. The van der Waals surface area contributed by atoms with Gasteiger partial charge in [0, 0.05) is 19.5 Å². The number of carbonyl (C=O) groups excluding carboxylic acids is 2. The van der Waals surface area contributed by atoms with Crippen LogP contribution in [-0.4, -0.2) is 76.3 Å². The molecule has 0 radical (unpaired) electrons. The largest absolute Gasteiger partial charge is 0.480 e. The summed E-state index contributed by atoms with van der Waals surface area (Å²) in [7, 11) is 0. The molecule has 0 saturated heterocycles. The zero-order valence-electron chi connectivity index (χ0n) is 16.2. The lowest BCUT2D eigenvalue weighted by molar-refractivity contribution is -0.141. The first-order valence-electron chi connectivity index (χ1n) is 9.12. The minimum Gasteiger partial charge on any atom is -0.480 e. The van der Waals surface area contributed by atoms with E-state index >= 15 is 0 Å². The Hall–Kier alpha value is -2.81. The molecule has 0 aromatic carbocycles. The van der Waals surface area contributed by atoms with Crippen LogP contribution in [-0.2, 0) is 14.4 Å². The van der Waals surface area contributed by atoms with Crippen LogP contribution in [0.25, 0.3) is 0 Å². The van der Waals surface area contributed by atoms with Crippen molar-refractivity contribution in [3.8, 4) is 0 Å². The van der Waals surface area contributed by atoms with Crippen LogP contribution >= 0.6 is 0 Å². The summed E-state index contributed by atoms with van der Waals surface area (Å²) in [5.74, 6) is -2.05. The molecule has 0 aliphatic carbocycles. The number of aromatic nitrogens is 1. The maximum absolute atomic E-state index is 11.7. The fraction of sp³-hybridized carbons (Fsp3) is 0.526. The summed E-state index contributed by atoms with van der Waals surface area (Å²) in [4.78, 5) is 52.5. The first-order valence-corrected chi connectivity index (χ1v) is 9.12. The van der Waals surface area contributed by atoms with Crippen LogP contribution in [0.1, 0.15) is 43.6 Å². The molecule has 1 aromatic heterocycles. The van der Waals surface area contributed by atoms with Gasteiger partial charge in [0.25, 0.3) is 0 Å². The van der Waals surface area contributed by atoms with Crippen LogP contribution in [0.3, 0.4) is 0 Å². The summed E-state index contributed by atoms with van der Waals surface area (Å²) < 4.78 is 0. The lowest BCUT2D eigenvalue weighted by atomic mass is 10.1. The van der Waals surface area contributed by atoms with Gasteiger partial charge in [0.05, 0.1) is 19.6 Å². The van der Waals surface area contributed by atoms with Crippen molar-refractivity contribution in [2.24, 2.45) is 0 Å². The van der Waals surface area contributed by atoms with Crippen LogP contribution in [0.2, 0.25) is 0 Å². The third-order valence-electron chi connectivity index (χ3n) is 4.18. The van der Waals surface area contributed by atoms with Crippen molar-refractivity contribution >= 4 is 29.8 Å². The molecule has 0 aliphatic heterocycles. The van der Waals surface area contributed by atoms with Crippen molar-refractivity contribution in [3.05, 3.63) is 23.9 Å². The third kappa shape index (κ3) is 7.83. The number of aliphatic carboxylic acids is 2. The molecule has 0 amide bonds. The highest BCUT2D eigenvalue weighted by atomic mass is 16.4. The number of aldehydes is 1. The topological polar surface area (TPSA) is 128 Å². The van der Waals surface area contributed by atoms with E-state index in [4.69, 9.17) is 10.2 Å². The molecule has 0 aliphatic rings. The Labute approximate surface area is 164 Å². The highest BCUT2D eigenvalue weighted by Gasteiger charge is 2.25. The van der Waals surface area contributed by atoms with Crippen molar-refractivity contribution < 1.29 is 29.4 Å². The van der Waals surface area contributed by atoms with Gasteiger partial charge in [-0.3, -0.25) is 19.3 Å². The van der Waals surface area contributed by atoms with Gasteiger partial charge in [-0.25, -0.2) is 4.98 Å². The molecule has 1 aromatic rings. The molecule has 1 unspecified atom stereocenters. The number of pyridine rings is 1. The second-order valence-corrected chi connectivity index (χ2v) is 6.51. The monoisotopic (exact) mass is 393 g/mol. The minimum atomic E-state index is -1.13. The van der Waals surface area contributed by atoms with E-state index in [-0.39, 0.29) is 30.6 Å². The van der Waals surface area contributed by atoms with E-state index in [9.17, 15) is 19.2 Å². The lowest BCUT2D eigenvalue weighted by Crippen LogP contribution is -2.48. The molecule has 9 heteroatoms. The molecule has 2 N–H and O–H groups in total. The standard InChI is InChI=1S/C19H27N3O6/c1-3-4-6-15(11-21(12-18(25)26)13-19(27)28)22(9-10-23)17-8-5-7-16(20-17)14(2)24/h5,7-8,10,15H,3-4,6,9,11-13H2,1-2H3,(H,25,26)(H,27,28). The first kappa shape index (κ1) is 23.2. The van der Waals surface area contributed by atoms with E-state index in [2.05, 4.69) is 4.98 Å². The van der Waals surface area contributed by atoms with Crippen LogP contribution < -0.4 is 4.90 Å². The molecule has 154 valence electrons. The zero-order valence-corrected chi connectivity index (χ0v) is 16.2. The van der Waals surface area contributed by atoms with E-state index in [1.165, 1.54) is 11.8 Å². The predicted molar refractivity (Wildman–Crippen MR) is 103 cm³/mol. The summed E-state index contributed by atoms with van der Waals surface area (Å²) >= 11 is 0. The number of ketones is 1. The van der Waals surface area contributed by atoms with Crippen molar-refractivity contribution in [1.82, 2.24) is 9.88 Å². The molecule has 1 heterocycles. The van der Waals surface area contributed by atoms with Crippen LogP contribution in [0.4, 0.5) is 5.82 Å². The van der Waals surface area contributed by atoms with Gasteiger partial charge < -0.3 is 19.9 Å². The Balaban J connectivity index is 3.20. The molecule has 28 heavy (non-hydrogen) atoms. The average molecular weight is 393 g/mol. The lowest BCUT2D eigenvalue weighted by Gasteiger charge is -2.34. The second kappa shape index (κ2) is 11.8. The number of carboxylic acids is 2. The molecular formula is C19H27N3O6. The number of unbranched alkanes of at least 4 members (excludes halogenated alkanes) is 1. The zero-order chi connectivity index (χ0) is 21.1. The fourth-order valence-electron chi connectivity index (χ4n) is 2.94. The Morgan fingerprint density at radius 2 is 1.82 bits per heavy atom. The summed E-state index contributed by atoms with van der Waals surface area (Å²) in [6.07, 6.45) is 3.01. The number of carboxylic acid groups (broad SMARTS) is 2. The van der Waals surface area contributed by atoms with Gasteiger partial charge in [-0.15, -0.1) is 0 Å². The van der Waals surface area contributed by atoms with Gasteiger partial charge in [0.2, 0.25) is 0 Å². The van der Waals surface area contributed by atoms with E-state index in [1.807, 2.05) is 6.92 Å². The molecule has 0 bridgehead atoms. The van der Waals surface area contributed by atoms with Crippen LogP contribution in [0.5, 0.6) is 0 Å². The molecular weight excluding hydrogens is 366 g/mol. The first-order chi connectivity index (χ1) is 13.3. The SMILES string of the molecule is CCCCC(CN(CC(=O)O)CC(=O)O)N(CC=O)c1cccc(C(C)=O)n1. The van der Waals surface area contributed by atoms with Gasteiger partial charge in [-0.05, 0) is 18.6 Å². The van der Waals surface area contributed by atoms with Crippen molar-refractivity contribution in [3.63, 3.8) is 0 Å². The maximum Gasteiger partial charge on any atom is 0.317 e. The molecule has 0 fully saturated rings. The number of anilines is 1. The minimum absolute atomic E-state index is 0.00325. The summed E-state index contributed by atoms with van der Waals surface area (Å²) in [6.45, 7) is 2.68. The number of nitrogens with zero attached hydrogens (tertiary/aromatic N) is 3. The van der Waals surface area contributed by atoms with E-state index in [0.717, 1.165) is 12.8 Å². The van der Waals surface area contributed by atoms with Crippen molar-refractivity contribution in [2.45, 2.75) is 39.2 Å². The van der Waals surface area contributed by atoms with Crippen molar-refractivity contribution in [2.75, 3.05) is 31.1 Å². The quantitative estimate of drug-likeness (QED) is 0.355. The fourth-order valence-corrected chi connectivity index (χ4v) is 2.94. The Kier molecular flexibility index (Phi) is 9.80. The highest BCUT2D eigenvalue weighted by Crippen LogP contribution is 2.19. The van der Waals surface area contributed by atoms with E-state index in [1.54, 1.807) is 23.1 Å². The van der Waals surface area contributed by atoms with Crippen LogP contribution in [0.15, 0.2) is 18.2 Å². The predicted octanol–water partition coefficient (Wildman–Crippen LogP) is 1.32. The second-order valence-electron chi connectivity index (χ2n) is 6.51. The molecule has 0 saturated carbocycles. The summed E-state index contributed by atoms with van der Waals surface area (Å²) in [5, 5.41) is 18.2. The number of rotatable bonds is 14. The molecule has 0 spiro atoms. The average Bonchev–Trinajstić information content (AvgIpc) is 2.62. The third-order valence-corrected chi connectivity index (χ3v) is 4.18. The Morgan fingerprint density at radius 3 is 2.32 bits per heavy atom. The maximum atomic E-state index is 11.7. The van der Waals surface area contributed by atoms with E-state index in [0.29, 0.717) is 18.5 Å². The summed E-state index contributed by atoms with van der Waals surface area (Å²) in [5.41, 5.74) is 0.260. The summed E-state index contributed by atoms with van der Waals surface area (Å²) in [6, 6.07) is 4.58. The molecule has 1 rings (SSSR count). The van der Waals surface area contributed by atoms with Gasteiger partial charge in [-0.2, -0.15) is 0 Å². The van der Waals surface area contributed by atoms with Gasteiger partial charge in [0.15, 0.2) is 5.78 Å². The smallest absolute Gasteiger partial charge is 0.317 e. The van der Waals surface area contributed by atoms with Crippen LogP contribution in [0, 0.1) is 0 Å². The Bertz CT molecular complexity index is 678. The molecule has 9 nitrogen and oxygen atoms in total. The number of hydrogen-bond donors (Lipinski definition) is 2. The number of hydrogen-bond acceptors (Lipinski definition) is 7. The number of Topliss-reactive ketones (excluding diaryl/α,β-unsaturated/α-hetero) is 1. The highest BCUT2D eigenvalue weighted by molar-refractivity contribution is 5.92. The van der Waals surface area contributed by atoms with Gasteiger partial charge in [-0.1, -0.05) is 25.8 Å². The number of carbonyl (C=O) groups is 4. The molecule has 1 atom stereocenters. The van der Waals surface area contributed by atoms with Crippen molar-refractivity contribution in [1.29, 1.82) is 0 Å². The van der Waals surface area contributed by atoms with E-state index < -0.39 is 25.0 Å².